The van der Waals surface area contributed by atoms with Gasteiger partial charge in [-0.3, -0.25) is 9.71 Å². The number of rotatable bonds is 9. The molecule has 7 nitrogen and oxygen atoms in total. The monoisotopic (exact) mass is 532 g/mol. The Morgan fingerprint density at radius 1 is 1.21 bits per heavy atom. The third-order valence-electron chi connectivity index (χ3n) is 5.29. The lowest BCUT2D eigenvalue weighted by Gasteiger charge is -2.25. The van der Waals surface area contributed by atoms with Crippen LogP contribution < -0.4 is 20.1 Å². The van der Waals surface area contributed by atoms with E-state index < -0.39 is 15.8 Å². The fourth-order valence-corrected chi connectivity index (χ4v) is 4.51. The third kappa shape index (κ3) is 7.87. The fraction of sp³-hybridized carbons (Fsp3) is 0.348. The average Bonchev–Trinajstić information content (AvgIpc) is 2.79. The molecule has 188 valence electrons. The Kier molecular flexibility index (Phi) is 11.8. The van der Waals surface area contributed by atoms with Crippen LogP contribution in [0.4, 0.5) is 10.1 Å². The smallest absolute Gasteiger partial charge is 0.235 e. The molecule has 0 radical (unpaired) electrons. The van der Waals surface area contributed by atoms with Gasteiger partial charge in [-0.2, -0.15) is 0 Å². The van der Waals surface area contributed by atoms with Crippen molar-refractivity contribution in [3.8, 4) is 5.75 Å². The van der Waals surface area contributed by atoms with Gasteiger partial charge >= 0.3 is 0 Å². The molecule has 0 saturated carbocycles. The van der Waals surface area contributed by atoms with E-state index in [2.05, 4.69) is 5.32 Å². The van der Waals surface area contributed by atoms with E-state index in [-0.39, 0.29) is 54.6 Å². The second-order valence-corrected chi connectivity index (χ2v) is 9.73. The number of nitrogens with one attached hydrogen (secondary N) is 2. The summed E-state index contributed by atoms with van der Waals surface area (Å²) in [7, 11) is -3.55. The van der Waals surface area contributed by atoms with Gasteiger partial charge in [-0.25, -0.2) is 12.8 Å². The van der Waals surface area contributed by atoms with Crippen molar-refractivity contribution in [1.29, 1.82) is 5.41 Å². The molecule has 1 aliphatic heterocycles. The van der Waals surface area contributed by atoms with Crippen molar-refractivity contribution in [1.82, 2.24) is 5.32 Å². The molecule has 34 heavy (non-hydrogen) atoms. The zero-order valence-corrected chi connectivity index (χ0v) is 21.3. The van der Waals surface area contributed by atoms with Crippen LogP contribution in [0.15, 0.2) is 48.5 Å². The van der Waals surface area contributed by atoms with Crippen LogP contribution in [0, 0.1) is 11.2 Å². The highest BCUT2D eigenvalue weighted by atomic mass is 35.5. The number of piperidine rings is 1. The van der Waals surface area contributed by atoms with E-state index in [1.54, 1.807) is 37.3 Å². The maximum atomic E-state index is 14.1. The van der Waals surface area contributed by atoms with Crippen LogP contribution in [0.2, 0.25) is 0 Å². The van der Waals surface area contributed by atoms with Gasteiger partial charge in [0.25, 0.3) is 0 Å². The van der Waals surface area contributed by atoms with Crippen molar-refractivity contribution in [3.05, 3.63) is 65.5 Å². The molecule has 0 aromatic heterocycles. The molecule has 1 saturated heterocycles. The Labute approximate surface area is 212 Å². The number of nitrogens with two attached hydrogens (primary N) is 1. The quantitative estimate of drug-likeness (QED) is 0.334. The molecule has 4 N–H and O–H groups in total. The Bertz CT molecular complexity index is 1080. The SMILES string of the molecule is CCS(=O)(=O)N(C/C=C/c1cc(C(=N)N)ccc1F)c1ccc(OC2CCNCC2)cc1.Cl.Cl. The number of nitrogens with zero attached hydrogens (tertiary/aromatic N) is 1. The van der Waals surface area contributed by atoms with Crippen molar-refractivity contribution in [2.75, 3.05) is 29.7 Å². The minimum absolute atomic E-state index is 0. The normalized spacial score (nSPS) is 14.2. The summed E-state index contributed by atoms with van der Waals surface area (Å²) in [6, 6.07) is 11.1. The van der Waals surface area contributed by atoms with Crippen molar-refractivity contribution >= 4 is 52.4 Å². The van der Waals surface area contributed by atoms with Gasteiger partial charge in [0.15, 0.2) is 0 Å². The van der Waals surface area contributed by atoms with E-state index >= 15 is 0 Å². The molecule has 1 fully saturated rings. The van der Waals surface area contributed by atoms with Gasteiger partial charge < -0.3 is 15.8 Å². The Morgan fingerprint density at radius 2 is 1.85 bits per heavy atom. The summed E-state index contributed by atoms with van der Waals surface area (Å²) in [6.07, 6.45) is 5.10. The maximum Gasteiger partial charge on any atom is 0.235 e. The number of halogens is 3. The molecule has 1 aliphatic rings. The number of ether oxygens (including phenoxy) is 1. The largest absolute Gasteiger partial charge is 0.490 e. The summed E-state index contributed by atoms with van der Waals surface area (Å²) < 4.78 is 46.8. The summed E-state index contributed by atoms with van der Waals surface area (Å²) in [5.74, 6) is -0.00660. The van der Waals surface area contributed by atoms with E-state index in [9.17, 15) is 12.8 Å². The maximum absolute atomic E-state index is 14.1. The second kappa shape index (κ2) is 13.5. The van der Waals surface area contributed by atoms with Gasteiger partial charge in [-0.15, -0.1) is 24.8 Å². The van der Waals surface area contributed by atoms with Gasteiger partial charge in [0.2, 0.25) is 10.0 Å². The van der Waals surface area contributed by atoms with Crippen molar-refractivity contribution in [2.24, 2.45) is 5.73 Å². The van der Waals surface area contributed by atoms with Gasteiger partial charge in [-0.05, 0) is 75.3 Å². The van der Waals surface area contributed by atoms with Crippen LogP contribution in [0.25, 0.3) is 6.08 Å². The number of sulfonamides is 1. The molecule has 2 aromatic rings. The van der Waals surface area contributed by atoms with Crippen LogP contribution in [0.5, 0.6) is 5.75 Å². The fourth-order valence-electron chi connectivity index (χ4n) is 3.45. The van der Waals surface area contributed by atoms with Crippen molar-refractivity contribution < 1.29 is 17.5 Å². The average molecular weight is 533 g/mol. The third-order valence-corrected chi connectivity index (χ3v) is 7.05. The minimum Gasteiger partial charge on any atom is -0.490 e. The van der Waals surface area contributed by atoms with Crippen LogP contribution >= 0.6 is 24.8 Å². The molecule has 0 atom stereocenters. The van der Waals surface area contributed by atoms with E-state index in [0.717, 1.165) is 25.9 Å². The number of nitrogen functional groups attached to an aromatic ring is 1. The summed E-state index contributed by atoms with van der Waals surface area (Å²) in [5.41, 5.74) is 6.60. The summed E-state index contributed by atoms with van der Waals surface area (Å²) in [5, 5.41) is 10.8. The summed E-state index contributed by atoms with van der Waals surface area (Å²) >= 11 is 0. The minimum atomic E-state index is -3.55. The molecule has 3 rings (SSSR count). The highest BCUT2D eigenvalue weighted by molar-refractivity contribution is 7.92. The zero-order valence-electron chi connectivity index (χ0n) is 18.9. The lowest BCUT2D eigenvalue weighted by atomic mass is 10.1. The standard InChI is InChI=1S/C23H29FN4O3S.2ClH/c1-2-32(29,30)28(15-3-4-17-16-18(23(25)26)5-10-22(17)24)19-6-8-20(9-7-19)31-21-11-13-27-14-12-21;;/h3-10,16,21,27H,2,11-15H2,1H3,(H3,25,26);2*1H/b4-3+;;. The highest BCUT2D eigenvalue weighted by Crippen LogP contribution is 2.24. The predicted octanol–water partition coefficient (Wildman–Crippen LogP) is 3.95. The van der Waals surface area contributed by atoms with Crippen LogP contribution in [0.1, 0.15) is 30.9 Å². The zero-order chi connectivity index (χ0) is 23.1. The van der Waals surface area contributed by atoms with E-state index in [4.69, 9.17) is 15.9 Å². The van der Waals surface area contributed by atoms with Crippen LogP contribution in [-0.4, -0.2) is 45.7 Å². The van der Waals surface area contributed by atoms with E-state index in [0.29, 0.717) is 17.0 Å². The second-order valence-electron chi connectivity index (χ2n) is 7.55. The van der Waals surface area contributed by atoms with Gasteiger partial charge in [0.05, 0.1) is 18.0 Å². The Morgan fingerprint density at radius 3 is 2.44 bits per heavy atom. The first-order chi connectivity index (χ1) is 15.3. The molecule has 0 aliphatic carbocycles. The summed E-state index contributed by atoms with van der Waals surface area (Å²) in [6.45, 7) is 3.46. The molecule has 11 heteroatoms. The van der Waals surface area contributed by atoms with Crippen molar-refractivity contribution in [2.45, 2.75) is 25.9 Å². The first-order valence-electron chi connectivity index (χ1n) is 10.6. The number of benzene rings is 2. The van der Waals surface area contributed by atoms with Gasteiger partial charge in [0.1, 0.15) is 23.5 Å². The molecule has 0 spiro atoms. The topological polar surface area (TPSA) is 109 Å². The molecule has 0 unspecified atom stereocenters. The number of hydrogen-bond acceptors (Lipinski definition) is 5. The molecular weight excluding hydrogens is 502 g/mol. The first kappa shape index (κ1) is 29.7. The Balaban J connectivity index is 0.00000289. The Hall–Kier alpha value is -2.33. The molecule has 0 bridgehead atoms. The van der Waals surface area contributed by atoms with Crippen LogP contribution in [0.3, 0.4) is 0 Å². The van der Waals surface area contributed by atoms with Gasteiger partial charge in [0, 0.05) is 11.1 Å². The lowest BCUT2D eigenvalue weighted by molar-refractivity contribution is 0.162. The predicted molar refractivity (Wildman–Crippen MR) is 141 cm³/mol. The molecule has 0 amide bonds. The number of amidine groups is 1. The summed E-state index contributed by atoms with van der Waals surface area (Å²) in [4.78, 5) is 0. The highest BCUT2D eigenvalue weighted by Gasteiger charge is 2.20. The molecule has 2 aromatic carbocycles. The van der Waals surface area contributed by atoms with Gasteiger partial charge in [-0.1, -0.05) is 12.2 Å². The number of hydrogen-bond donors (Lipinski definition) is 3. The molecule has 1 heterocycles. The first-order valence-corrected chi connectivity index (χ1v) is 12.2. The van der Waals surface area contributed by atoms with E-state index in [1.807, 2.05) is 0 Å². The van der Waals surface area contributed by atoms with Crippen molar-refractivity contribution in [3.63, 3.8) is 0 Å². The molecular formula is C23H31Cl2FN4O3S. The van der Waals surface area contributed by atoms with E-state index in [1.165, 1.54) is 28.6 Å². The van der Waals surface area contributed by atoms with Crippen LogP contribution in [-0.2, 0) is 10.0 Å². The lowest BCUT2D eigenvalue weighted by Crippen LogP contribution is -2.34. The number of anilines is 1.